The molecular formula is C8H11N2O. The van der Waals surface area contributed by atoms with Gasteiger partial charge in [0, 0.05) is 17.8 Å². The molecule has 3 heteroatoms. The molecule has 1 aliphatic carbocycles. The third-order valence-electron chi connectivity index (χ3n) is 2.37. The molecule has 3 nitrogen and oxygen atoms in total. The molecule has 1 aliphatic rings. The second kappa shape index (κ2) is 2.66. The highest BCUT2D eigenvalue weighted by Crippen LogP contribution is 2.33. The van der Waals surface area contributed by atoms with Gasteiger partial charge in [-0.15, -0.1) is 0 Å². The van der Waals surface area contributed by atoms with E-state index in [1.54, 1.807) is 6.20 Å². The summed E-state index contributed by atoms with van der Waals surface area (Å²) in [6.07, 6.45) is 4.22. The zero-order valence-corrected chi connectivity index (χ0v) is 6.29. The molecule has 2 rings (SSSR count). The number of rotatable bonds is 1. The van der Waals surface area contributed by atoms with Crippen LogP contribution in [0, 0.1) is 0 Å². The van der Waals surface area contributed by atoms with Gasteiger partial charge in [0.1, 0.15) is 6.10 Å². The van der Waals surface area contributed by atoms with Gasteiger partial charge in [-0.25, -0.2) is 5.11 Å². The fourth-order valence-corrected chi connectivity index (χ4v) is 1.75. The Labute approximate surface area is 65.4 Å². The predicted molar refractivity (Wildman–Crippen MR) is 39.7 cm³/mol. The van der Waals surface area contributed by atoms with Gasteiger partial charge >= 0.3 is 0 Å². The van der Waals surface area contributed by atoms with E-state index in [2.05, 4.69) is 10.2 Å². The summed E-state index contributed by atoms with van der Waals surface area (Å²) in [6, 6.07) is 1.90. The summed E-state index contributed by atoms with van der Waals surface area (Å²) in [5.74, 6) is 0.192. The van der Waals surface area contributed by atoms with Crippen molar-refractivity contribution in [2.45, 2.75) is 31.3 Å². The van der Waals surface area contributed by atoms with Crippen molar-refractivity contribution in [3.63, 3.8) is 0 Å². The number of nitrogens with zero attached hydrogens (tertiary/aromatic N) is 1. The summed E-state index contributed by atoms with van der Waals surface area (Å²) in [6.45, 7) is 0. The third-order valence-corrected chi connectivity index (χ3v) is 2.37. The summed E-state index contributed by atoms with van der Waals surface area (Å²) in [5.41, 5.74) is 1.02. The highest BCUT2D eigenvalue weighted by Gasteiger charge is 2.28. The minimum absolute atomic E-state index is 0.192. The topological polar surface area (TPSA) is 48.6 Å². The zero-order chi connectivity index (χ0) is 7.68. The largest absolute Gasteiger partial charge is 0.282 e. The standard InChI is InChI=1S/C8H11N2O/c11-8-3-1-2-6(8)7-4-5-9-10-7/h4-6,8H,1-3H2,(H,9,10)/t6-,8+/m1/s1. The summed E-state index contributed by atoms with van der Waals surface area (Å²) in [4.78, 5) is 0. The van der Waals surface area contributed by atoms with E-state index >= 15 is 0 Å². The maximum Gasteiger partial charge on any atom is 0.101 e. The molecule has 1 aromatic rings. The van der Waals surface area contributed by atoms with Gasteiger partial charge < -0.3 is 0 Å². The van der Waals surface area contributed by atoms with Crippen molar-refractivity contribution < 1.29 is 5.11 Å². The molecular weight excluding hydrogens is 140 g/mol. The van der Waals surface area contributed by atoms with Gasteiger partial charge in [0.2, 0.25) is 0 Å². The van der Waals surface area contributed by atoms with Crippen LogP contribution in [-0.2, 0) is 5.11 Å². The number of nitrogens with one attached hydrogen (secondary N) is 1. The Hall–Kier alpha value is -0.830. The molecule has 0 unspecified atom stereocenters. The van der Waals surface area contributed by atoms with Gasteiger partial charge in [0.15, 0.2) is 0 Å². The van der Waals surface area contributed by atoms with Crippen molar-refractivity contribution in [1.29, 1.82) is 0 Å². The molecule has 1 fully saturated rings. The summed E-state index contributed by atoms with van der Waals surface area (Å²) in [7, 11) is 0. The van der Waals surface area contributed by atoms with Crippen LogP contribution in [0.4, 0.5) is 0 Å². The molecule has 59 valence electrons. The maximum atomic E-state index is 11.3. The summed E-state index contributed by atoms with van der Waals surface area (Å²) >= 11 is 0. The molecule has 1 aromatic heterocycles. The van der Waals surface area contributed by atoms with Crippen LogP contribution in [0.25, 0.3) is 0 Å². The number of aromatic nitrogens is 2. The molecule has 0 aliphatic heterocycles. The fourth-order valence-electron chi connectivity index (χ4n) is 1.75. The Morgan fingerprint density at radius 1 is 1.55 bits per heavy atom. The molecule has 2 atom stereocenters. The first-order chi connectivity index (χ1) is 5.38. The van der Waals surface area contributed by atoms with E-state index in [4.69, 9.17) is 0 Å². The van der Waals surface area contributed by atoms with E-state index in [9.17, 15) is 5.11 Å². The first-order valence-electron chi connectivity index (χ1n) is 4.03. The van der Waals surface area contributed by atoms with E-state index in [-0.39, 0.29) is 5.92 Å². The summed E-state index contributed by atoms with van der Waals surface area (Å²) < 4.78 is 0. The molecule has 0 bridgehead atoms. The van der Waals surface area contributed by atoms with Crippen LogP contribution in [0.1, 0.15) is 30.9 Å². The molecule has 1 heterocycles. The van der Waals surface area contributed by atoms with Crippen LogP contribution in [-0.4, -0.2) is 16.3 Å². The highest BCUT2D eigenvalue weighted by molar-refractivity contribution is 5.09. The maximum absolute atomic E-state index is 11.3. The van der Waals surface area contributed by atoms with Crippen molar-refractivity contribution in [3.05, 3.63) is 18.0 Å². The molecule has 11 heavy (non-hydrogen) atoms. The number of H-pyrrole nitrogens is 1. The van der Waals surface area contributed by atoms with Crippen LogP contribution in [0.5, 0.6) is 0 Å². The second-order valence-electron chi connectivity index (χ2n) is 3.09. The SMILES string of the molecule is [O][C@H]1CCC[C@@H]1c1ccn[nH]1. The molecule has 0 amide bonds. The normalized spacial score (nSPS) is 31.0. The van der Waals surface area contributed by atoms with Gasteiger partial charge in [0.25, 0.3) is 0 Å². The van der Waals surface area contributed by atoms with E-state index in [0.29, 0.717) is 0 Å². The van der Waals surface area contributed by atoms with E-state index in [1.807, 2.05) is 6.07 Å². The molecule has 0 spiro atoms. The van der Waals surface area contributed by atoms with E-state index in [1.165, 1.54) is 0 Å². The van der Waals surface area contributed by atoms with Crippen LogP contribution < -0.4 is 0 Å². The molecule has 1 N–H and O–H groups in total. The zero-order valence-electron chi connectivity index (χ0n) is 6.29. The number of hydrogen-bond donors (Lipinski definition) is 1. The lowest BCUT2D eigenvalue weighted by Crippen LogP contribution is -2.09. The predicted octanol–water partition coefficient (Wildman–Crippen LogP) is 1.48. The monoisotopic (exact) mass is 151 g/mol. The first-order valence-corrected chi connectivity index (χ1v) is 4.03. The molecule has 1 radical (unpaired) electrons. The van der Waals surface area contributed by atoms with Crippen molar-refractivity contribution in [2.75, 3.05) is 0 Å². The summed E-state index contributed by atoms with van der Waals surface area (Å²) in [5, 5.41) is 18.0. The van der Waals surface area contributed by atoms with Crippen molar-refractivity contribution >= 4 is 0 Å². The number of aromatic amines is 1. The van der Waals surface area contributed by atoms with Crippen LogP contribution in [0.15, 0.2) is 12.3 Å². The highest BCUT2D eigenvalue weighted by atomic mass is 16.3. The van der Waals surface area contributed by atoms with Crippen molar-refractivity contribution in [3.8, 4) is 0 Å². The quantitative estimate of drug-likeness (QED) is 0.649. The van der Waals surface area contributed by atoms with E-state index < -0.39 is 6.10 Å². The Morgan fingerprint density at radius 2 is 2.45 bits per heavy atom. The average Bonchev–Trinajstić information content (AvgIpc) is 2.55. The van der Waals surface area contributed by atoms with E-state index in [0.717, 1.165) is 25.0 Å². The van der Waals surface area contributed by atoms with Gasteiger partial charge in [-0.3, -0.25) is 5.10 Å². The smallest absolute Gasteiger partial charge is 0.101 e. The van der Waals surface area contributed by atoms with Crippen LogP contribution >= 0.6 is 0 Å². The Kier molecular flexibility index (Phi) is 1.66. The first kappa shape index (κ1) is 6.85. The minimum Gasteiger partial charge on any atom is -0.282 e. The fraction of sp³-hybridized carbons (Fsp3) is 0.625. The van der Waals surface area contributed by atoms with Gasteiger partial charge in [0.05, 0.1) is 0 Å². The van der Waals surface area contributed by atoms with Crippen LogP contribution in [0.2, 0.25) is 0 Å². The molecule has 1 saturated carbocycles. The lowest BCUT2D eigenvalue weighted by Gasteiger charge is -2.08. The number of hydrogen-bond acceptors (Lipinski definition) is 1. The lowest BCUT2D eigenvalue weighted by molar-refractivity contribution is 0.0793. The molecule has 0 aromatic carbocycles. The van der Waals surface area contributed by atoms with Gasteiger partial charge in [-0.1, -0.05) is 0 Å². The Morgan fingerprint density at radius 3 is 3.00 bits per heavy atom. The average molecular weight is 151 g/mol. The van der Waals surface area contributed by atoms with Crippen LogP contribution in [0.3, 0.4) is 0 Å². The third kappa shape index (κ3) is 1.16. The van der Waals surface area contributed by atoms with Gasteiger partial charge in [-0.05, 0) is 25.3 Å². The minimum atomic E-state index is -0.407. The Balaban J connectivity index is 2.16. The molecule has 0 saturated heterocycles. The second-order valence-corrected chi connectivity index (χ2v) is 3.09. The van der Waals surface area contributed by atoms with Crippen molar-refractivity contribution in [1.82, 2.24) is 10.2 Å². The van der Waals surface area contributed by atoms with Crippen molar-refractivity contribution in [2.24, 2.45) is 0 Å². The Bertz CT molecular complexity index is 220. The lowest BCUT2D eigenvalue weighted by atomic mass is 10.0. The van der Waals surface area contributed by atoms with Gasteiger partial charge in [-0.2, -0.15) is 5.10 Å².